The summed E-state index contributed by atoms with van der Waals surface area (Å²) in [7, 11) is 0. The molecule has 0 bridgehead atoms. The summed E-state index contributed by atoms with van der Waals surface area (Å²) in [4.78, 5) is 8.16. The van der Waals surface area contributed by atoms with Crippen LogP contribution in [0, 0.1) is 4.77 Å². The summed E-state index contributed by atoms with van der Waals surface area (Å²) >= 11 is 7.58. The van der Waals surface area contributed by atoms with Gasteiger partial charge in [-0.1, -0.05) is 6.08 Å². The van der Waals surface area contributed by atoms with E-state index in [1.165, 1.54) is 10.4 Å². The van der Waals surface area contributed by atoms with E-state index in [4.69, 9.17) is 17.3 Å². The molecule has 26 heavy (non-hydrogen) atoms. The second-order valence-corrected chi connectivity index (χ2v) is 7.79. The van der Waals surface area contributed by atoms with Gasteiger partial charge in [0, 0.05) is 42.0 Å². The standard InChI is InChI=1S/C19H21N5S2/c1-3-9-23-18(15-5-4-8-20-12-15)21-24(19(23)25)13-22-10-6-17-16(14(22)2)7-11-26-17/h3-5,7-8,11-12,14H,1,6,9-10,13H2,2H3/t14-/m0/s1. The highest BCUT2D eigenvalue weighted by molar-refractivity contribution is 7.71. The van der Waals surface area contributed by atoms with Gasteiger partial charge in [0.25, 0.3) is 0 Å². The Morgan fingerprint density at radius 1 is 1.42 bits per heavy atom. The zero-order chi connectivity index (χ0) is 18.1. The van der Waals surface area contributed by atoms with E-state index >= 15 is 0 Å². The fourth-order valence-electron chi connectivity index (χ4n) is 3.46. The molecule has 5 nitrogen and oxygen atoms in total. The number of hydrogen-bond acceptors (Lipinski definition) is 5. The molecule has 4 heterocycles. The topological polar surface area (TPSA) is 38.9 Å². The van der Waals surface area contributed by atoms with Crippen molar-refractivity contribution in [1.82, 2.24) is 24.2 Å². The van der Waals surface area contributed by atoms with Crippen molar-refractivity contribution in [2.75, 3.05) is 6.54 Å². The normalized spacial score (nSPS) is 17.2. The van der Waals surface area contributed by atoms with Crippen molar-refractivity contribution >= 4 is 23.6 Å². The first-order valence-corrected chi connectivity index (χ1v) is 9.97. The number of rotatable bonds is 5. The Morgan fingerprint density at radius 3 is 3.08 bits per heavy atom. The maximum absolute atomic E-state index is 5.72. The van der Waals surface area contributed by atoms with E-state index in [-0.39, 0.29) is 0 Å². The van der Waals surface area contributed by atoms with E-state index in [9.17, 15) is 0 Å². The van der Waals surface area contributed by atoms with Crippen LogP contribution in [0.2, 0.25) is 0 Å². The van der Waals surface area contributed by atoms with Crippen LogP contribution in [0.1, 0.15) is 23.4 Å². The van der Waals surface area contributed by atoms with E-state index < -0.39 is 0 Å². The fraction of sp³-hybridized carbons (Fsp3) is 0.316. The highest BCUT2D eigenvalue weighted by Crippen LogP contribution is 2.33. The molecule has 1 aliphatic heterocycles. The predicted molar refractivity (Wildman–Crippen MR) is 108 cm³/mol. The minimum Gasteiger partial charge on any atom is -0.296 e. The van der Waals surface area contributed by atoms with Gasteiger partial charge in [0.2, 0.25) is 0 Å². The van der Waals surface area contributed by atoms with Crippen LogP contribution < -0.4 is 0 Å². The highest BCUT2D eigenvalue weighted by atomic mass is 32.1. The molecule has 1 aliphatic rings. The first kappa shape index (κ1) is 17.3. The first-order chi connectivity index (χ1) is 12.7. The molecule has 4 rings (SSSR count). The fourth-order valence-corrected chi connectivity index (χ4v) is 4.68. The van der Waals surface area contributed by atoms with Crippen LogP contribution >= 0.6 is 23.6 Å². The Bertz CT molecular complexity index is 969. The van der Waals surface area contributed by atoms with Crippen molar-refractivity contribution in [1.29, 1.82) is 0 Å². The van der Waals surface area contributed by atoms with Crippen molar-refractivity contribution < 1.29 is 0 Å². The molecule has 0 amide bonds. The van der Waals surface area contributed by atoms with Gasteiger partial charge in [-0.3, -0.25) is 14.5 Å². The molecular weight excluding hydrogens is 362 g/mol. The average molecular weight is 384 g/mol. The summed E-state index contributed by atoms with van der Waals surface area (Å²) in [6, 6.07) is 6.54. The summed E-state index contributed by atoms with van der Waals surface area (Å²) in [5, 5.41) is 7.01. The lowest BCUT2D eigenvalue weighted by atomic mass is 10.0. The van der Waals surface area contributed by atoms with Gasteiger partial charge in [0.05, 0.1) is 6.67 Å². The zero-order valence-corrected chi connectivity index (χ0v) is 16.3. The van der Waals surface area contributed by atoms with Crippen molar-refractivity contribution in [2.24, 2.45) is 0 Å². The monoisotopic (exact) mass is 383 g/mol. The molecule has 0 radical (unpaired) electrons. The zero-order valence-electron chi connectivity index (χ0n) is 14.7. The van der Waals surface area contributed by atoms with E-state index in [2.05, 4.69) is 34.8 Å². The smallest absolute Gasteiger partial charge is 0.199 e. The van der Waals surface area contributed by atoms with Gasteiger partial charge in [0.1, 0.15) is 0 Å². The molecule has 0 saturated heterocycles. The van der Waals surface area contributed by atoms with Crippen LogP contribution in [-0.4, -0.2) is 30.8 Å². The number of hydrogen-bond donors (Lipinski definition) is 0. The molecule has 0 aliphatic carbocycles. The number of aromatic nitrogens is 4. The van der Waals surface area contributed by atoms with Crippen LogP contribution in [0.4, 0.5) is 0 Å². The number of allylic oxidation sites excluding steroid dienone is 1. The SMILES string of the molecule is C=CCn1c(-c2cccnc2)nn(CN2CCc3sccc3[C@@H]2C)c1=S. The lowest BCUT2D eigenvalue weighted by Crippen LogP contribution is -2.35. The summed E-state index contributed by atoms with van der Waals surface area (Å²) < 4.78 is 4.66. The van der Waals surface area contributed by atoms with Crippen LogP contribution in [0.15, 0.2) is 48.6 Å². The van der Waals surface area contributed by atoms with Crippen molar-refractivity contribution in [3.8, 4) is 11.4 Å². The minimum atomic E-state index is 0.373. The summed E-state index contributed by atoms with van der Waals surface area (Å²) in [6.07, 6.45) is 6.53. The quantitative estimate of drug-likeness (QED) is 0.486. The second-order valence-electron chi connectivity index (χ2n) is 6.43. The highest BCUT2D eigenvalue weighted by Gasteiger charge is 2.25. The lowest BCUT2D eigenvalue weighted by Gasteiger charge is -2.33. The first-order valence-electron chi connectivity index (χ1n) is 8.68. The molecule has 3 aromatic heterocycles. The molecule has 134 valence electrons. The Kier molecular flexibility index (Phi) is 4.84. The van der Waals surface area contributed by atoms with Crippen molar-refractivity contribution in [2.45, 2.75) is 32.6 Å². The van der Waals surface area contributed by atoms with Crippen LogP contribution in [-0.2, 0) is 19.6 Å². The van der Waals surface area contributed by atoms with Gasteiger partial charge in [-0.2, -0.15) is 5.10 Å². The van der Waals surface area contributed by atoms with Gasteiger partial charge in [-0.05, 0) is 54.7 Å². The summed E-state index contributed by atoms with van der Waals surface area (Å²) in [6.45, 7) is 8.46. The lowest BCUT2D eigenvalue weighted by molar-refractivity contribution is 0.144. The van der Waals surface area contributed by atoms with Gasteiger partial charge >= 0.3 is 0 Å². The van der Waals surface area contributed by atoms with E-state index in [1.54, 1.807) is 6.20 Å². The van der Waals surface area contributed by atoms with E-state index in [0.717, 1.165) is 24.4 Å². The van der Waals surface area contributed by atoms with E-state index in [1.807, 2.05) is 45.0 Å². The molecule has 0 N–H and O–H groups in total. The van der Waals surface area contributed by atoms with Gasteiger partial charge < -0.3 is 0 Å². The molecule has 0 aromatic carbocycles. The summed E-state index contributed by atoms with van der Waals surface area (Å²) in [5.74, 6) is 0.837. The second kappa shape index (κ2) is 7.26. The van der Waals surface area contributed by atoms with Crippen LogP contribution in [0.3, 0.4) is 0 Å². The van der Waals surface area contributed by atoms with Crippen LogP contribution in [0.25, 0.3) is 11.4 Å². The Labute approximate surface area is 162 Å². The van der Waals surface area contributed by atoms with Gasteiger partial charge in [-0.15, -0.1) is 17.9 Å². The molecule has 0 spiro atoms. The van der Waals surface area contributed by atoms with Gasteiger partial charge in [0.15, 0.2) is 10.6 Å². The largest absolute Gasteiger partial charge is 0.296 e. The molecule has 7 heteroatoms. The van der Waals surface area contributed by atoms with Crippen molar-refractivity contribution in [3.05, 3.63) is 63.8 Å². The van der Waals surface area contributed by atoms with E-state index in [0.29, 0.717) is 24.0 Å². The molecule has 0 saturated carbocycles. The number of nitrogens with zero attached hydrogens (tertiary/aromatic N) is 5. The number of fused-ring (bicyclic) bond motifs is 1. The third-order valence-corrected chi connectivity index (χ3v) is 6.30. The third-order valence-electron chi connectivity index (χ3n) is 4.87. The Morgan fingerprint density at radius 2 is 2.31 bits per heavy atom. The van der Waals surface area contributed by atoms with Gasteiger partial charge in [-0.25, -0.2) is 4.68 Å². The Hall–Kier alpha value is -2.09. The Balaban J connectivity index is 1.67. The maximum Gasteiger partial charge on any atom is 0.199 e. The molecule has 3 aromatic rings. The predicted octanol–water partition coefficient (Wildman–Crippen LogP) is 4.30. The molecule has 0 unspecified atom stereocenters. The molecule has 1 atom stereocenters. The van der Waals surface area contributed by atoms with Crippen LogP contribution in [0.5, 0.6) is 0 Å². The summed E-state index contributed by atoms with van der Waals surface area (Å²) in [5.41, 5.74) is 2.40. The minimum absolute atomic E-state index is 0.373. The molecular formula is C19H21N5S2. The maximum atomic E-state index is 5.72. The third kappa shape index (κ3) is 3.06. The van der Waals surface area contributed by atoms with Crippen molar-refractivity contribution in [3.63, 3.8) is 0 Å². The average Bonchev–Trinajstić information content (AvgIpc) is 3.26. The number of pyridine rings is 1. The molecule has 0 fully saturated rings. The number of thiophene rings is 1.